The Kier molecular flexibility index (Phi) is 6.01. The van der Waals surface area contributed by atoms with E-state index in [-0.39, 0.29) is 17.1 Å². The summed E-state index contributed by atoms with van der Waals surface area (Å²) in [4.78, 5) is 21.5. The van der Waals surface area contributed by atoms with Crippen molar-refractivity contribution >= 4 is 27.6 Å². The van der Waals surface area contributed by atoms with Gasteiger partial charge in [-0.05, 0) is 24.6 Å². The van der Waals surface area contributed by atoms with E-state index in [0.717, 1.165) is 29.4 Å². The van der Waals surface area contributed by atoms with Crippen molar-refractivity contribution in [1.82, 2.24) is 4.31 Å². The Morgan fingerprint density at radius 3 is 2.50 bits per heavy atom. The standard InChI is InChI=1S/C13H17FN2O5S/c1-3-6-16(8-13(18)19)22(20,21)10-4-5-11(14)12(7-10)15-9(2)17/h4-5,7H,3,6,8H2,1-2H3,(H,15,17)(H,18,19). The van der Waals surface area contributed by atoms with E-state index < -0.39 is 34.3 Å². The number of rotatable bonds is 7. The zero-order chi connectivity index (χ0) is 16.9. The minimum Gasteiger partial charge on any atom is -0.480 e. The van der Waals surface area contributed by atoms with E-state index in [1.165, 1.54) is 0 Å². The average Bonchev–Trinajstić information content (AvgIpc) is 2.39. The third kappa shape index (κ3) is 4.50. The highest BCUT2D eigenvalue weighted by Gasteiger charge is 2.26. The Morgan fingerprint density at radius 2 is 2.00 bits per heavy atom. The maximum atomic E-state index is 13.6. The molecule has 0 spiro atoms. The monoisotopic (exact) mass is 332 g/mol. The fraction of sp³-hybridized carbons (Fsp3) is 0.385. The molecule has 9 heteroatoms. The zero-order valence-corrected chi connectivity index (χ0v) is 13.0. The molecule has 1 rings (SSSR count). The van der Waals surface area contributed by atoms with Crippen LogP contribution in [0, 0.1) is 5.82 Å². The van der Waals surface area contributed by atoms with Crippen LogP contribution in [0.15, 0.2) is 23.1 Å². The third-order valence-corrected chi connectivity index (χ3v) is 4.51. The van der Waals surface area contributed by atoms with Gasteiger partial charge < -0.3 is 10.4 Å². The lowest BCUT2D eigenvalue weighted by molar-refractivity contribution is -0.137. The highest BCUT2D eigenvalue weighted by atomic mass is 32.2. The Morgan fingerprint density at radius 1 is 1.36 bits per heavy atom. The van der Waals surface area contributed by atoms with Crippen LogP contribution in [-0.2, 0) is 19.6 Å². The first kappa shape index (κ1) is 18.1. The van der Waals surface area contributed by atoms with Crippen LogP contribution in [0.25, 0.3) is 0 Å². The molecule has 122 valence electrons. The van der Waals surface area contributed by atoms with Crippen molar-refractivity contribution in [3.63, 3.8) is 0 Å². The quantitative estimate of drug-likeness (QED) is 0.782. The minimum atomic E-state index is -4.10. The molecular weight excluding hydrogens is 315 g/mol. The smallest absolute Gasteiger partial charge is 0.318 e. The number of aliphatic carboxylic acids is 1. The first-order valence-corrected chi connectivity index (χ1v) is 7.91. The first-order valence-electron chi connectivity index (χ1n) is 6.47. The number of amides is 1. The molecule has 0 aromatic heterocycles. The Hall–Kier alpha value is -2.00. The number of hydrogen-bond acceptors (Lipinski definition) is 4. The second kappa shape index (κ2) is 7.32. The summed E-state index contributed by atoms with van der Waals surface area (Å²) in [7, 11) is -4.10. The maximum absolute atomic E-state index is 13.6. The van der Waals surface area contributed by atoms with E-state index in [1.807, 2.05) is 0 Å². The van der Waals surface area contributed by atoms with Gasteiger partial charge in [0.15, 0.2) is 0 Å². The fourth-order valence-corrected chi connectivity index (χ4v) is 3.29. The van der Waals surface area contributed by atoms with Crippen LogP contribution in [-0.4, -0.2) is 42.8 Å². The number of hydrogen-bond donors (Lipinski definition) is 2. The van der Waals surface area contributed by atoms with Crippen LogP contribution >= 0.6 is 0 Å². The van der Waals surface area contributed by atoms with Gasteiger partial charge in [-0.3, -0.25) is 9.59 Å². The highest BCUT2D eigenvalue weighted by Crippen LogP contribution is 2.22. The molecule has 0 unspecified atom stereocenters. The van der Waals surface area contributed by atoms with Crippen LogP contribution in [0.3, 0.4) is 0 Å². The predicted molar refractivity (Wildman–Crippen MR) is 77.4 cm³/mol. The number of anilines is 1. The molecule has 1 aromatic carbocycles. The number of carboxylic acids is 1. The second-order valence-electron chi connectivity index (χ2n) is 4.56. The van der Waals surface area contributed by atoms with Crippen molar-refractivity contribution < 1.29 is 27.5 Å². The number of carbonyl (C=O) groups excluding carboxylic acids is 1. The molecule has 0 bridgehead atoms. The fourth-order valence-electron chi connectivity index (χ4n) is 1.78. The molecule has 0 fully saturated rings. The molecule has 0 saturated carbocycles. The average molecular weight is 332 g/mol. The van der Waals surface area contributed by atoms with Gasteiger partial charge in [0.05, 0.1) is 10.6 Å². The maximum Gasteiger partial charge on any atom is 0.318 e. The molecule has 7 nitrogen and oxygen atoms in total. The van der Waals surface area contributed by atoms with E-state index >= 15 is 0 Å². The van der Waals surface area contributed by atoms with Gasteiger partial charge in [0, 0.05) is 13.5 Å². The summed E-state index contributed by atoms with van der Waals surface area (Å²) in [6.07, 6.45) is 0.423. The van der Waals surface area contributed by atoms with Crippen LogP contribution in [0.2, 0.25) is 0 Å². The van der Waals surface area contributed by atoms with E-state index in [1.54, 1.807) is 6.92 Å². The van der Waals surface area contributed by atoms with Crippen molar-refractivity contribution in [3.05, 3.63) is 24.0 Å². The molecule has 0 aliphatic heterocycles. The SMILES string of the molecule is CCCN(CC(=O)O)S(=O)(=O)c1ccc(F)c(NC(C)=O)c1. The van der Waals surface area contributed by atoms with Crippen molar-refractivity contribution in [2.75, 3.05) is 18.4 Å². The van der Waals surface area contributed by atoms with Gasteiger partial charge in [0.2, 0.25) is 15.9 Å². The summed E-state index contributed by atoms with van der Waals surface area (Å²) in [5, 5.41) is 11.0. The number of sulfonamides is 1. The van der Waals surface area contributed by atoms with Gasteiger partial charge >= 0.3 is 5.97 Å². The Labute approximate surface area is 127 Å². The third-order valence-electron chi connectivity index (χ3n) is 2.67. The summed E-state index contributed by atoms with van der Waals surface area (Å²) < 4.78 is 39.2. The van der Waals surface area contributed by atoms with Gasteiger partial charge in [-0.25, -0.2) is 12.8 Å². The molecule has 1 amide bonds. The molecule has 0 aliphatic carbocycles. The lowest BCUT2D eigenvalue weighted by Crippen LogP contribution is -2.36. The van der Waals surface area contributed by atoms with Crippen LogP contribution < -0.4 is 5.32 Å². The van der Waals surface area contributed by atoms with Crippen molar-refractivity contribution in [3.8, 4) is 0 Å². The van der Waals surface area contributed by atoms with Crippen LogP contribution in [0.1, 0.15) is 20.3 Å². The number of halogens is 1. The summed E-state index contributed by atoms with van der Waals surface area (Å²) >= 11 is 0. The van der Waals surface area contributed by atoms with Crippen molar-refractivity contribution in [1.29, 1.82) is 0 Å². The summed E-state index contributed by atoms with van der Waals surface area (Å²) in [6, 6.07) is 2.90. The van der Waals surface area contributed by atoms with Crippen LogP contribution in [0.5, 0.6) is 0 Å². The van der Waals surface area contributed by atoms with Gasteiger partial charge in [0.1, 0.15) is 12.4 Å². The molecule has 22 heavy (non-hydrogen) atoms. The number of benzene rings is 1. The molecular formula is C13H17FN2O5S. The van der Waals surface area contributed by atoms with Gasteiger partial charge in [-0.1, -0.05) is 6.92 Å². The Balaban J connectivity index is 3.25. The highest BCUT2D eigenvalue weighted by molar-refractivity contribution is 7.89. The molecule has 0 radical (unpaired) electrons. The van der Waals surface area contributed by atoms with E-state index in [9.17, 15) is 22.4 Å². The first-order chi connectivity index (χ1) is 10.2. The molecule has 0 atom stereocenters. The second-order valence-corrected chi connectivity index (χ2v) is 6.49. The summed E-state index contributed by atoms with van der Waals surface area (Å²) in [5.74, 6) is -2.62. The molecule has 0 saturated heterocycles. The molecule has 1 aromatic rings. The normalized spacial score (nSPS) is 11.5. The number of carboxylic acid groups (broad SMARTS) is 1. The topological polar surface area (TPSA) is 104 Å². The van der Waals surface area contributed by atoms with Crippen molar-refractivity contribution in [2.24, 2.45) is 0 Å². The van der Waals surface area contributed by atoms with Gasteiger partial charge in [0.25, 0.3) is 0 Å². The number of carbonyl (C=O) groups is 2. The van der Waals surface area contributed by atoms with Gasteiger partial charge in [-0.2, -0.15) is 4.31 Å². The minimum absolute atomic E-state index is 0.0154. The van der Waals surface area contributed by atoms with E-state index in [0.29, 0.717) is 6.42 Å². The zero-order valence-electron chi connectivity index (χ0n) is 12.2. The number of nitrogens with zero attached hydrogens (tertiary/aromatic N) is 1. The summed E-state index contributed by atoms with van der Waals surface area (Å²) in [6.45, 7) is 2.19. The van der Waals surface area contributed by atoms with E-state index in [4.69, 9.17) is 5.11 Å². The lowest BCUT2D eigenvalue weighted by atomic mass is 10.3. The predicted octanol–water partition coefficient (Wildman–Crippen LogP) is 1.27. The van der Waals surface area contributed by atoms with Crippen molar-refractivity contribution in [2.45, 2.75) is 25.2 Å². The largest absolute Gasteiger partial charge is 0.480 e. The molecule has 0 aliphatic rings. The number of nitrogens with one attached hydrogen (secondary N) is 1. The Bertz CT molecular complexity index is 675. The van der Waals surface area contributed by atoms with E-state index in [2.05, 4.69) is 5.32 Å². The summed E-state index contributed by atoms with van der Waals surface area (Å²) in [5.41, 5.74) is -0.277. The van der Waals surface area contributed by atoms with Gasteiger partial charge in [-0.15, -0.1) is 0 Å². The lowest BCUT2D eigenvalue weighted by Gasteiger charge is -2.20. The molecule has 0 heterocycles. The molecule has 2 N–H and O–H groups in total. The van der Waals surface area contributed by atoms with Crippen LogP contribution in [0.4, 0.5) is 10.1 Å².